The van der Waals surface area contributed by atoms with Crippen molar-refractivity contribution in [2.75, 3.05) is 31.1 Å². The van der Waals surface area contributed by atoms with Crippen LogP contribution in [0.5, 0.6) is 0 Å². The molecule has 6 nitrogen and oxygen atoms in total. The number of nitrogens with zero attached hydrogens (tertiary/aromatic N) is 4. The lowest BCUT2D eigenvalue weighted by molar-refractivity contribution is 0.383. The summed E-state index contributed by atoms with van der Waals surface area (Å²) in [5, 5.41) is 9.76. The van der Waals surface area contributed by atoms with Gasteiger partial charge in [-0.1, -0.05) is 23.7 Å². The summed E-state index contributed by atoms with van der Waals surface area (Å²) in [4.78, 5) is 6.21. The molecule has 8 heteroatoms. The minimum absolute atomic E-state index is 0.0444. The zero-order valence-electron chi connectivity index (χ0n) is 13.5. The molecule has 25 heavy (non-hydrogen) atoms. The number of hydrogen-bond acceptors (Lipinski definition) is 5. The highest BCUT2D eigenvalue weighted by Gasteiger charge is 2.28. The van der Waals surface area contributed by atoms with Crippen molar-refractivity contribution in [3.05, 3.63) is 58.7 Å². The topological polar surface area (TPSA) is 77.3 Å². The highest BCUT2D eigenvalue weighted by molar-refractivity contribution is 7.88. The monoisotopic (exact) mass is 376 g/mol. The molecule has 1 aliphatic rings. The minimum atomic E-state index is -3.39. The molecule has 0 atom stereocenters. The van der Waals surface area contributed by atoms with Crippen molar-refractivity contribution in [1.29, 1.82) is 5.26 Å². The lowest BCUT2D eigenvalue weighted by atomic mass is 10.2. The minimum Gasteiger partial charge on any atom is -0.353 e. The highest BCUT2D eigenvalue weighted by atomic mass is 35.5. The molecule has 0 spiro atoms. The number of aromatic nitrogens is 1. The molecule has 1 fully saturated rings. The molecule has 0 N–H and O–H groups in total. The summed E-state index contributed by atoms with van der Waals surface area (Å²) in [6, 6.07) is 12.4. The normalized spacial score (nSPS) is 15.8. The number of piperazine rings is 1. The van der Waals surface area contributed by atoms with Gasteiger partial charge in [0.25, 0.3) is 0 Å². The van der Waals surface area contributed by atoms with Crippen LogP contribution in [0, 0.1) is 11.3 Å². The molecule has 1 aromatic heterocycles. The van der Waals surface area contributed by atoms with Crippen LogP contribution < -0.4 is 4.90 Å². The van der Waals surface area contributed by atoms with E-state index in [4.69, 9.17) is 11.6 Å². The summed E-state index contributed by atoms with van der Waals surface area (Å²) >= 11 is 5.84. The van der Waals surface area contributed by atoms with Crippen molar-refractivity contribution in [3.63, 3.8) is 0 Å². The van der Waals surface area contributed by atoms with Crippen molar-refractivity contribution in [2.24, 2.45) is 0 Å². The van der Waals surface area contributed by atoms with Crippen LogP contribution in [0.4, 0.5) is 5.82 Å². The van der Waals surface area contributed by atoms with Gasteiger partial charge in [0.1, 0.15) is 11.9 Å². The maximum absolute atomic E-state index is 12.6. The van der Waals surface area contributed by atoms with Crippen LogP contribution in [-0.2, 0) is 15.8 Å². The zero-order valence-corrected chi connectivity index (χ0v) is 15.0. The van der Waals surface area contributed by atoms with Gasteiger partial charge in [0, 0.05) is 37.4 Å². The number of hydrogen-bond donors (Lipinski definition) is 0. The van der Waals surface area contributed by atoms with Crippen LogP contribution in [0.15, 0.2) is 42.6 Å². The maximum atomic E-state index is 12.6. The molecule has 0 saturated carbocycles. The first kappa shape index (κ1) is 17.7. The van der Waals surface area contributed by atoms with E-state index in [2.05, 4.69) is 11.1 Å². The quantitative estimate of drug-likeness (QED) is 0.817. The van der Waals surface area contributed by atoms with Gasteiger partial charge in [0.15, 0.2) is 0 Å². The van der Waals surface area contributed by atoms with E-state index < -0.39 is 10.0 Å². The fourth-order valence-corrected chi connectivity index (χ4v) is 4.44. The lowest BCUT2D eigenvalue weighted by Crippen LogP contribution is -2.49. The zero-order chi connectivity index (χ0) is 17.9. The smallest absolute Gasteiger partial charge is 0.218 e. The van der Waals surface area contributed by atoms with Crippen LogP contribution >= 0.6 is 11.6 Å². The van der Waals surface area contributed by atoms with Crippen LogP contribution in [0.25, 0.3) is 0 Å². The standard InChI is InChI=1S/C17H17ClN4O2S/c18-16-5-3-14(4-6-16)13-25(23,24)22-10-8-21(9-11-22)17-15(12-19)2-1-7-20-17/h1-7H,8-11,13H2. The highest BCUT2D eigenvalue weighted by Crippen LogP contribution is 2.20. The summed E-state index contributed by atoms with van der Waals surface area (Å²) in [6.07, 6.45) is 1.64. The Balaban J connectivity index is 1.67. The summed E-state index contributed by atoms with van der Waals surface area (Å²) in [5.74, 6) is 0.566. The summed E-state index contributed by atoms with van der Waals surface area (Å²) in [6.45, 7) is 1.76. The molecule has 0 amide bonds. The van der Waals surface area contributed by atoms with E-state index in [1.165, 1.54) is 4.31 Å². The molecule has 0 bridgehead atoms. The molecule has 2 heterocycles. The maximum Gasteiger partial charge on any atom is 0.218 e. The van der Waals surface area contributed by atoms with Gasteiger partial charge >= 0.3 is 0 Å². The molecule has 3 rings (SSSR count). The van der Waals surface area contributed by atoms with E-state index >= 15 is 0 Å². The Morgan fingerprint density at radius 3 is 2.44 bits per heavy atom. The van der Waals surface area contributed by atoms with Crippen molar-refractivity contribution in [2.45, 2.75) is 5.75 Å². The summed E-state index contributed by atoms with van der Waals surface area (Å²) in [7, 11) is -3.39. The Hall–Kier alpha value is -2.14. The van der Waals surface area contributed by atoms with Crippen LogP contribution in [0.2, 0.25) is 5.02 Å². The lowest BCUT2D eigenvalue weighted by Gasteiger charge is -2.35. The largest absolute Gasteiger partial charge is 0.353 e. The molecule has 1 aromatic carbocycles. The number of pyridine rings is 1. The van der Waals surface area contributed by atoms with E-state index in [-0.39, 0.29) is 5.75 Å². The van der Waals surface area contributed by atoms with Gasteiger partial charge in [-0.25, -0.2) is 13.4 Å². The van der Waals surface area contributed by atoms with Gasteiger partial charge in [0.2, 0.25) is 10.0 Å². The number of nitriles is 1. The molecule has 0 aliphatic carbocycles. The van der Waals surface area contributed by atoms with Crippen molar-refractivity contribution in [1.82, 2.24) is 9.29 Å². The molecule has 130 valence electrons. The average molecular weight is 377 g/mol. The second-order valence-electron chi connectivity index (χ2n) is 5.76. The molecule has 0 unspecified atom stereocenters. The number of rotatable bonds is 4. The van der Waals surface area contributed by atoms with E-state index in [9.17, 15) is 13.7 Å². The average Bonchev–Trinajstić information content (AvgIpc) is 2.63. The first-order valence-electron chi connectivity index (χ1n) is 7.82. The van der Waals surface area contributed by atoms with Gasteiger partial charge in [-0.15, -0.1) is 0 Å². The van der Waals surface area contributed by atoms with Gasteiger partial charge in [0.05, 0.1) is 11.3 Å². The van der Waals surface area contributed by atoms with E-state index in [0.717, 1.165) is 0 Å². The Morgan fingerprint density at radius 2 is 1.80 bits per heavy atom. The van der Waals surface area contributed by atoms with E-state index in [1.54, 1.807) is 42.6 Å². The molecule has 2 aromatic rings. The van der Waals surface area contributed by atoms with E-state index in [1.807, 2.05) is 4.90 Å². The Labute approximate surface area is 152 Å². The van der Waals surface area contributed by atoms with Crippen molar-refractivity contribution < 1.29 is 8.42 Å². The van der Waals surface area contributed by atoms with Crippen LogP contribution in [0.3, 0.4) is 0 Å². The van der Waals surface area contributed by atoms with Crippen LogP contribution in [-0.4, -0.2) is 43.9 Å². The van der Waals surface area contributed by atoms with Crippen LogP contribution in [0.1, 0.15) is 11.1 Å². The summed E-state index contributed by atoms with van der Waals surface area (Å²) < 4.78 is 26.7. The molecule has 0 radical (unpaired) electrons. The van der Waals surface area contributed by atoms with Gasteiger partial charge < -0.3 is 4.90 Å². The predicted molar refractivity (Wildman–Crippen MR) is 96.8 cm³/mol. The second kappa shape index (κ2) is 7.40. The number of benzene rings is 1. The summed E-state index contributed by atoms with van der Waals surface area (Å²) in [5.41, 5.74) is 1.21. The number of sulfonamides is 1. The molecule has 1 aliphatic heterocycles. The second-order valence-corrected chi connectivity index (χ2v) is 8.16. The fourth-order valence-electron chi connectivity index (χ4n) is 2.80. The Morgan fingerprint density at radius 1 is 1.12 bits per heavy atom. The number of anilines is 1. The first-order chi connectivity index (χ1) is 12.0. The fraction of sp³-hybridized carbons (Fsp3) is 0.294. The van der Waals surface area contributed by atoms with Crippen molar-refractivity contribution in [3.8, 4) is 6.07 Å². The third-order valence-electron chi connectivity index (χ3n) is 4.10. The predicted octanol–water partition coefficient (Wildman–Crippen LogP) is 2.26. The van der Waals surface area contributed by atoms with E-state index in [0.29, 0.717) is 48.1 Å². The van der Waals surface area contributed by atoms with Gasteiger partial charge in [-0.2, -0.15) is 9.57 Å². The van der Waals surface area contributed by atoms with Gasteiger partial charge in [-0.3, -0.25) is 0 Å². The molecule has 1 saturated heterocycles. The van der Waals surface area contributed by atoms with Gasteiger partial charge in [-0.05, 0) is 29.8 Å². The molecular formula is C17H17ClN4O2S. The molecular weight excluding hydrogens is 360 g/mol. The number of halogens is 1. The van der Waals surface area contributed by atoms with Crippen molar-refractivity contribution >= 4 is 27.4 Å². The Kier molecular flexibility index (Phi) is 5.23. The Bertz CT molecular complexity index is 886. The third kappa shape index (κ3) is 4.10. The third-order valence-corrected chi connectivity index (χ3v) is 6.20. The first-order valence-corrected chi connectivity index (χ1v) is 9.80. The SMILES string of the molecule is N#Cc1cccnc1N1CCN(S(=O)(=O)Cc2ccc(Cl)cc2)CC1.